The van der Waals surface area contributed by atoms with Gasteiger partial charge in [0.1, 0.15) is 5.75 Å². The maximum absolute atomic E-state index is 12.7. The third-order valence-electron chi connectivity index (χ3n) is 3.74. The van der Waals surface area contributed by atoms with E-state index in [-0.39, 0.29) is 12.2 Å². The summed E-state index contributed by atoms with van der Waals surface area (Å²) in [5.41, 5.74) is 0.999. The molecule has 0 atom stereocenters. The van der Waals surface area contributed by atoms with Crippen molar-refractivity contribution >= 4 is 33.1 Å². The number of thiazole rings is 1. The van der Waals surface area contributed by atoms with Crippen LogP contribution < -0.4 is 9.54 Å². The molecule has 27 heavy (non-hydrogen) atoms. The van der Waals surface area contributed by atoms with E-state index in [2.05, 4.69) is 10.9 Å². The van der Waals surface area contributed by atoms with Gasteiger partial charge in [-0.05, 0) is 25.1 Å². The number of nitro benzene ring substituents is 1. The van der Waals surface area contributed by atoms with Crippen LogP contribution in [0.5, 0.6) is 5.75 Å². The van der Waals surface area contributed by atoms with Crippen molar-refractivity contribution in [2.45, 2.75) is 13.5 Å². The number of para-hydroxylation sites is 1. The number of carbonyl (C=O) groups excluding carboxylic acids is 1. The maximum Gasteiger partial charge on any atom is 0.283 e. The van der Waals surface area contributed by atoms with Crippen LogP contribution in [-0.2, 0) is 6.54 Å². The van der Waals surface area contributed by atoms with Crippen molar-refractivity contribution in [3.05, 3.63) is 62.9 Å². The summed E-state index contributed by atoms with van der Waals surface area (Å²) in [4.78, 5) is 27.8. The smallest absolute Gasteiger partial charge is 0.283 e. The predicted octanol–water partition coefficient (Wildman–Crippen LogP) is 3.38. The molecule has 0 N–H and O–H groups in total. The zero-order valence-corrected chi connectivity index (χ0v) is 15.2. The highest BCUT2D eigenvalue weighted by atomic mass is 32.1. The van der Waals surface area contributed by atoms with E-state index in [9.17, 15) is 14.9 Å². The number of nitrogens with zero attached hydrogens (tertiary/aromatic N) is 3. The van der Waals surface area contributed by atoms with E-state index in [4.69, 9.17) is 11.2 Å². The van der Waals surface area contributed by atoms with Crippen molar-refractivity contribution in [2.75, 3.05) is 6.61 Å². The molecule has 0 spiro atoms. The lowest BCUT2D eigenvalue weighted by Gasteiger charge is -2.06. The molecule has 0 saturated carbocycles. The first-order valence-corrected chi connectivity index (χ1v) is 8.89. The van der Waals surface area contributed by atoms with E-state index < -0.39 is 10.8 Å². The molecule has 8 heteroatoms. The van der Waals surface area contributed by atoms with Gasteiger partial charge in [-0.15, -0.1) is 6.42 Å². The number of rotatable bonds is 5. The van der Waals surface area contributed by atoms with Crippen molar-refractivity contribution in [3.63, 3.8) is 0 Å². The van der Waals surface area contributed by atoms with Crippen LogP contribution in [0.15, 0.2) is 47.5 Å². The molecule has 0 bridgehead atoms. The number of terminal acetylenes is 1. The van der Waals surface area contributed by atoms with Gasteiger partial charge in [-0.2, -0.15) is 4.99 Å². The number of non-ortho nitro benzene ring substituents is 1. The van der Waals surface area contributed by atoms with Gasteiger partial charge in [-0.1, -0.05) is 29.4 Å². The number of fused-ring (bicyclic) bond motifs is 1. The molecule has 3 rings (SSSR count). The number of ether oxygens (including phenoxy) is 1. The standard InChI is InChI=1S/C19H15N3O4S/c1-3-11-21-15-10-9-13(22(24)25)12-17(15)27-19(21)20-18(23)14-7-5-6-8-16(14)26-4-2/h1,5-10,12H,4,11H2,2H3. The van der Waals surface area contributed by atoms with E-state index >= 15 is 0 Å². The van der Waals surface area contributed by atoms with E-state index in [0.717, 1.165) is 0 Å². The molecule has 0 aliphatic rings. The van der Waals surface area contributed by atoms with E-state index in [1.807, 2.05) is 6.92 Å². The van der Waals surface area contributed by atoms with Crippen LogP contribution >= 0.6 is 11.3 Å². The lowest BCUT2D eigenvalue weighted by atomic mass is 10.2. The summed E-state index contributed by atoms with van der Waals surface area (Å²) in [7, 11) is 0. The number of hydrogen-bond acceptors (Lipinski definition) is 5. The highest BCUT2D eigenvalue weighted by molar-refractivity contribution is 7.16. The Morgan fingerprint density at radius 3 is 2.85 bits per heavy atom. The van der Waals surface area contributed by atoms with E-state index in [0.29, 0.717) is 32.9 Å². The SMILES string of the molecule is C#CCn1c(=NC(=O)c2ccccc2OCC)sc2cc([N+](=O)[O-])ccc21. The molecule has 136 valence electrons. The first-order chi connectivity index (χ1) is 13.0. The second-order valence-corrected chi connectivity index (χ2v) is 6.44. The Morgan fingerprint density at radius 2 is 2.15 bits per heavy atom. The Labute approximate surface area is 158 Å². The Kier molecular flexibility index (Phi) is 5.33. The van der Waals surface area contributed by atoms with Crippen LogP contribution in [0.4, 0.5) is 5.69 Å². The quantitative estimate of drug-likeness (QED) is 0.385. The number of nitro groups is 1. The third-order valence-corrected chi connectivity index (χ3v) is 4.78. The van der Waals surface area contributed by atoms with Gasteiger partial charge >= 0.3 is 0 Å². The molecule has 0 unspecified atom stereocenters. The molecule has 0 radical (unpaired) electrons. The summed E-state index contributed by atoms with van der Waals surface area (Å²) >= 11 is 1.17. The first-order valence-electron chi connectivity index (χ1n) is 8.07. The summed E-state index contributed by atoms with van der Waals surface area (Å²) < 4.78 is 7.80. The number of benzene rings is 2. The summed E-state index contributed by atoms with van der Waals surface area (Å²) in [6, 6.07) is 11.3. The molecule has 0 aliphatic carbocycles. The summed E-state index contributed by atoms with van der Waals surface area (Å²) in [5.74, 6) is 2.51. The average Bonchev–Trinajstić information content (AvgIpc) is 2.99. The van der Waals surface area contributed by atoms with Gasteiger partial charge in [0, 0.05) is 12.1 Å². The number of carbonyl (C=O) groups is 1. The summed E-state index contributed by atoms with van der Waals surface area (Å²) in [6.07, 6.45) is 5.44. The second kappa shape index (κ2) is 7.85. The van der Waals surface area contributed by atoms with Crippen LogP contribution in [0, 0.1) is 22.5 Å². The van der Waals surface area contributed by atoms with Crippen molar-refractivity contribution in [2.24, 2.45) is 4.99 Å². The van der Waals surface area contributed by atoms with Crippen LogP contribution in [0.1, 0.15) is 17.3 Å². The molecule has 1 aromatic heterocycles. The minimum absolute atomic E-state index is 0.0313. The molecule has 2 aromatic carbocycles. The molecular formula is C19H15N3O4S. The number of hydrogen-bond donors (Lipinski definition) is 0. The molecular weight excluding hydrogens is 366 g/mol. The zero-order chi connectivity index (χ0) is 19.4. The highest BCUT2D eigenvalue weighted by Gasteiger charge is 2.14. The first kappa shape index (κ1) is 18.4. The molecule has 0 saturated heterocycles. The van der Waals surface area contributed by atoms with Gasteiger partial charge in [0.05, 0.1) is 33.9 Å². The van der Waals surface area contributed by atoms with Crippen molar-refractivity contribution < 1.29 is 14.5 Å². The van der Waals surface area contributed by atoms with Crippen LogP contribution in [0.2, 0.25) is 0 Å². The minimum Gasteiger partial charge on any atom is -0.493 e. The molecule has 3 aromatic rings. The fraction of sp³-hybridized carbons (Fsp3) is 0.158. The van der Waals surface area contributed by atoms with Gasteiger partial charge < -0.3 is 9.30 Å². The Bertz CT molecular complexity index is 1140. The Balaban J connectivity index is 2.15. The van der Waals surface area contributed by atoms with Crippen LogP contribution in [-0.4, -0.2) is 22.0 Å². The van der Waals surface area contributed by atoms with Gasteiger partial charge in [-0.3, -0.25) is 14.9 Å². The number of amides is 1. The third kappa shape index (κ3) is 3.73. The normalized spacial score (nSPS) is 11.3. The van der Waals surface area contributed by atoms with Gasteiger partial charge in [-0.25, -0.2) is 0 Å². The largest absolute Gasteiger partial charge is 0.493 e. The fourth-order valence-corrected chi connectivity index (χ4v) is 3.64. The van der Waals surface area contributed by atoms with E-state index in [1.54, 1.807) is 34.9 Å². The average molecular weight is 381 g/mol. The van der Waals surface area contributed by atoms with Gasteiger partial charge in [0.2, 0.25) is 0 Å². The van der Waals surface area contributed by atoms with E-state index in [1.165, 1.54) is 23.5 Å². The fourth-order valence-electron chi connectivity index (χ4n) is 2.58. The molecule has 0 aliphatic heterocycles. The minimum atomic E-state index is -0.467. The number of aromatic nitrogens is 1. The van der Waals surface area contributed by atoms with Crippen LogP contribution in [0.25, 0.3) is 10.2 Å². The monoisotopic (exact) mass is 381 g/mol. The topological polar surface area (TPSA) is 86.7 Å². The summed E-state index contributed by atoms with van der Waals surface area (Å²) in [6.45, 7) is 2.45. The lowest BCUT2D eigenvalue weighted by molar-refractivity contribution is -0.384. The predicted molar refractivity (Wildman–Crippen MR) is 103 cm³/mol. The van der Waals surface area contributed by atoms with Gasteiger partial charge in [0.25, 0.3) is 11.6 Å². The van der Waals surface area contributed by atoms with Gasteiger partial charge in [0.15, 0.2) is 4.80 Å². The highest BCUT2D eigenvalue weighted by Crippen LogP contribution is 2.24. The Hall–Kier alpha value is -3.44. The van der Waals surface area contributed by atoms with Crippen molar-refractivity contribution in [1.82, 2.24) is 4.57 Å². The molecule has 1 amide bonds. The van der Waals surface area contributed by atoms with Crippen molar-refractivity contribution in [1.29, 1.82) is 0 Å². The van der Waals surface area contributed by atoms with Crippen molar-refractivity contribution in [3.8, 4) is 18.1 Å². The zero-order valence-electron chi connectivity index (χ0n) is 14.4. The Morgan fingerprint density at radius 1 is 1.37 bits per heavy atom. The summed E-state index contributed by atoms with van der Waals surface area (Å²) in [5, 5.41) is 11.0. The van der Waals surface area contributed by atoms with Crippen LogP contribution in [0.3, 0.4) is 0 Å². The lowest BCUT2D eigenvalue weighted by Crippen LogP contribution is -2.16. The molecule has 1 heterocycles. The molecule has 7 nitrogen and oxygen atoms in total. The maximum atomic E-state index is 12.7. The molecule has 0 fully saturated rings. The second-order valence-electron chi connectivity index (χ2n) is 5.43.